The molecule has 0 spiro atoms. The third kappa shape index (κ3) is 4.84. The number of rotatable bonds is 6. The monoisotopic (exact) mass is 239 g/mol. The SMILES string of the molecule is CCCN=C1CCC(C(=O)NCCC(=N)N)N1. The smallest absolute Gasteiger partial charge is 0.242 e. The number of nitrogens with one attached hydrogen (secondary N) is 3. The summed E-state index contributed by atoms with van der Waals surface area (Å²) in [6, 6.07) is -0.183. The Hall–Kier alpha value is -1.59. The van der Waals surface area contributed by atoms with Crippen LogP contribution in [0.15, 0.2) is 4.99 Å². The van der Waals surface area contributed by atoms with Crippen LogP contribution in [0.3, 0.4) is 0 Å². The molecule has 1 rings (SSSR count). The summed E-state index contributed by atoms with van der Waals surface area (Å²) >= 11 is 0. The molecule has 1 unspecified atom stereocenters. The zero-order chi connectivity index (χ0) is 12.7. The van der Waals surface area contributed by atoms with Gasteiger partial charge in [0.15, 0.2) is 0 Å². The first-order chi connectivity index (χ1) is 8.13. The predicted molar refractivity (Wildman–Crippen MR) is 68.3 cm³/mol. The number of hydrogen-bond acceptors (Lipinski definition) is 3. The highest BCUT2D eigenvalue weighted by Gasteiger charge is 2.25. The Bertz CT molecular complexity index is 313. The van der Waals surface area contributed by atoms with E-state index in [0.717, 1.165) is 31.6 Å². The maximum Gasteiger partial charge on any atom is 0.242 e. The van der Waals surface area contributed by atoms with Crippen LogP contribution >= 0.6 is 0 Å². The van der Waals surface area contributed by atoms with Crippen molar-refractivity contribution in [2.45, 2.75) is 38.6 Å². The van der Waals surface area contributed by atoms with Gasteiger partial charge in [0.05, 0.1) is 11.7 Å². The van der Waals surface area contributed by atoms with Crippen molar-refractivity contribution in [2.75, 3.05) is 13.1 Å². The summed E-state index contributed by atoms with van der Waals surface area (Å²) in [5.41, 5.74) is 5.21. The van der Waals surface area contributed by atoms with Crippen molar-refractivity contribution in [1.29, 1.82) is 5.41 Å². The summed E-state index contributed by atoms with van der Waals surface area (Å²) in [6.45, 7) is 3.31. The van der Waals surface area contributed by atoms with Crippen LogP contribution in [0.1, 0.15) is 32.6 Å². The van der Waals surface area contributed by atoms with Crippen LogP contribution < -0.4 is 16.4 Å². The van der Waals surface area contributed by atoms with E-state index in [-0.39, 0.29) is 17.8 Å². The molecule has 1 aliphatic rings. The molecule has 0 bridgehead atoms. The van der Waals surface area contributed by atoms with Gasteiger partial charge in [-0.2, -0.15) is 0 Å². The Balaban J connectivity index is 2.28. The average molecular weight is 239 g/mol. The molecule has 0 aromatic carbocycles. The third-order valence-electron chi connectivity index (χ3n) is 2.55. The van der Waals surface area contributed by atoms with Crippen LogP contribution in [0, 0.1) is 5.41 Å². The molecule has 0 aromatic rings. The van der Waals surface area contributed by atoms with Crippen molar-refractivity contribution in [3.8, 4) is 0 Å². The molecule has 0 saturated carbocycles. The maximum absolute atomic E-state index is 11.7. The molecule has 1 aliphatic heterocycles. The number of carbonyl (C=O) groups is 1. The van der Waals surface area contributed by atoms with E-state index in [1.54, 1.807) is 0 Å². The van der Waals surface area contributed by atoms with E-state index >= 15 is 0 Å². The molecule has 0 radical (unpaired) electrons. The first kappa shape index (κ1) is 13.5. The Morgan fingerprint density at radius 1 is 1.71 bits per heavy atom. The van der Waals surface area contributed by atoms with Gasteiger partial charge >= 0.3 is 0 Å². The standard InChI is InChI=1S/C11H21N5O/c1-2-6-14-10-4-3-8(16-10)11(17)15-7-5-9(12)13/h8H,2-7H2,1H3,(H3,12,13)(H,14,16)(H,15,17). The topological polar surface area (TPSA) is 103 Å². The minimum Gasteiger partial charge on any atom is -0.388 e. The summed E-state index contributed by atoms with van der Waals surface area (Å²) in [6.07, 6.45) is 3.04. The molecule has 1 amide bonds. The van der Waals surface area contributed by atoms with Gasteiger partial charge < -0.3 is 16.4 Å². The predicted octanol–water partition coefficient (Wildman–Crippen LogP) is -0.0108. The van der Waals surface area contributed by atoms with Crippen molar-refractivity contribution in [3.05, 3.63) is 0 Å². The van der Waals surface area contributed by atoms with Crippen LogP contribution in [0.4, 0.5) is 0 Å². The molecular formula is C11H21N5O. The number of nitrogens with zero attached hydrogens (tertiary/aromatic N) is 1. The van der Waals surface area contributed by atoms with Gasteiger partial charge in [-0.05, 0) is 12.8 Å². The minimum absolute atomic E-state index is 0.0343. The highest BCUT2D eigenvalue weighted by atomic mass is 16.2. The molecule has 5 N–H and O–H groups in total. The number of amidine groups is 2. The third-order valence-corrected chi connectivity index (χ3v) is 2.55. The average Bonchev–Trinajstić information content (AvgIpc) is 2.74. The lowest BCUT2D eigenvalue weighted by molar-refractivity contribution is -0.122. The normalized spacial score (nSPS) is 21.2. The van der Waals surface area contributed by atoms with Crippen LogP contribution in [0.25, 0.3) is 0 Å². The Morgan fingerprint density at radius 3 is 3.12 bits per heavy atom. The van der Waals surface area contributed by atoms with Crippen molar-refractivity contribution in [2.24, 2.45) is 10.7 Å². The second-order valence-electron chi connectivity index (χ2n) is 4.13. The van der Waals surface area contributed by atoms with E-state index in [1.807, 2.05) is 0 Å². The number of amides is 1. The lowest BCUT2D eigenvalue weighted by Gasteiger charge is -2.11. The number of carbonyl (C=O) groups excluding carboxylic acids is 1. The molecule has 1 saturated heterocycles. The molecule has 6 heteroatoms. The maximum atomic E-state index is 11.7. The first-order valence-corrected chi connectivity index (χ1v) is 6.04. The highest BCUT2D eigenvalue weighted by Crippen LogP contribution is 2.08. The molecule has 96 valence electrons. The summed E-state index contributed by atoms with van der Waals surface area (Å²) in [7, 11) is 0. The van der Waals surface area contributed by atoms with Crippen LogP contribution in [0.5, 0.6) is 0 Å². The van der Waals surface area contributed by atoms with E-state index < -0.39 is 0 Å². The summed E-state index contributed by atoms with van der Waals surface area (Å²) in [4.78, 5) is 16.1. The van der Waals surface area contributed by atoms with E-state index in [9.17, 15) is 4.79 Å². The minimum atomic E-state index is -0.183. The molecule has 6 nitrogen and oxygen atoms in total. The Kier molecular flexibility index (Phi) is 5.45. The first-order valence-electron chi connectivity index (χ1n) is 6.04. The van der Waals surface area contributed by atoms with E-state index in [0.29, 0.717) is 13.0 Å². The van der Waals surface area contributed by atoms with Gasteiger partial charge in [-0.15, -0.1) is 0 Å². The van der Waals surface area contributed by atoms with Crippen molar-refractivity contribution < 1.29 is 4.79 Å². The van der Waals surface area contributed by atoms with Gasteiger partial charge in [-0.3, -0.25) is 15.2 Å². The Labute approximate surface area is 102 Å². The zero-order valence-electron chi connectivity index (χ0n) is 10.3. The fraction of sp³-hybridized carbons (Fsp3) is 0.727. The van der Waals surface area contributed by atoms with Crippen LogP contribution in [-0.2, 0) is 4.79 Å². The fourth-order valence-corrected chi connectivity index (χ4v) is 1.64. The molecule has 0 aliphatic carbocycles. The van der Waals surface area contributed by atoms with Gasteiger partial charge in [0.1, 0.15) is 6.04 Å². The molecule has 17 heavy (non-hydrogen) atoms. The van der Waals surface area contributed by atoms with Gasteiger partial charge in [0.2, 0.25) is 5.91 Å². The second-order valence-corrected chi connectivity index (χ2v) is 4.13. The van der Waals surface area contributed by atoms with Gasteiger partial charge in [-0.25, -0.2) is 0 Å². The zero-order valence-corrected chi connectivity index (χ0v) is 10.3. The summed E-state index contributed by atoms with van der Waals surface area (Å²) in [5, 5.41) is 12.9. The number of aliphatic imine (C=N–C) groups is 1. The van der Waals surface area contributed by atoms with Crippen molar-refractivity contribution in [1.82, 2.24) is 10.6 Å². The quantitative estimate of drug-likeness (QED) is 0.387. The molecule has 1 fully saturated rings. The largest absolute Gasteiger partial charge is 0.388 e. The van der Waals surface area contributed by atoms with Gasteiger partial charge in [0.25, 0.3) is 0 Å². The molecule has 1 heterocycles. The highest BCUT2D eigenvalue weighted by molar-refractivity contribution is 5.93. The summed E-state index contributed by atoms with van der Waals surface area (Å²) in [5.74, 6) is 0.987. The van der Waals surface area contributed by atoms with E-state index in [4.69, 9.17) is 11.1 Å². The Morgan fingerprint density at radius 2 is 2.47 bits per heavy atom. The van der Waals surface area contributed by atoms with Gasteiger partial charge in [0, 0.05) is 25.9 Å². The lowest BCUT2D eigenvalue weighted by Crippen LogP contribution is -2.42. The van der Waals surface area contributed by atoms with E-state index in [1.165, 1.54) is 0 Å². The molecule has 1 atom stereocenters. The second kappa shape index (κ2) is 6.88. The molecule has 0 aromatic heterocycles. The lowest BCUT2D eigenvalue weighted by atomic mass is 10.2. The number of hydrogen-bond donors (Lipinski definition) is 4. The van der Waals surface area contributed by atoms with Crippen molar-refractivity contribution in [3.63, 3.8) is 0 Å². The summed E-state index contributed by atoms with van der Waals surface area (Å²) < 4.78 is 0. The molecular weight excluding hydrogens is 218 g/mol. The number of nitrogens with two attached hydrogens (primary N) is 1. The van der Waals surface area contributed by atoms with Crippen LogP contribution in [-0.4, -0.2) is 36.7 Å². The van der Waals surface area contributed by atoms with Crippen molar-refractivity contribution >= 4 is 17.6 Å². The van der Waals surface area contributed by atoms with Gasteiger partial charge in [-0.1, -0.05) is 6.92 Å². The fourth-order valence-electron chi connectivity index (χ4n) is 1.64. The van der Waals surface area contributed by atoms with E-state index in [2.05, 4.69) is 22.5 Å². The van der Waals surface area contributed by atoms with Crippen LogP contribution in [0.2, 0.25) is 0 Å².